The zero-order valence-corrected chi connectivity index (χ0v) is 16.0. The Labute approximate surface area is 163 Å². The summed E-state index contributed by atoms with van der Waals surface area (Å²) in [7, 11) is 0. The average molecular weight is 388 g/mol. The number of ether oxygens (including phenoxy) is 2. The third-order valence-electron chi connectivity index (χ3n) is 4.87. The van der Waals surface area contributed by atoms with E-state index in [1.807, 2.05) is 35.2 Å². The van der Waals surface area contributed by atoms with Gasteiger partial charge in [-0.3, -0.25) is 0 Å². The fraction of sp³-hybridized carbons (Fsp3) is 0.350. The molecule has 0 aromatic heterocycles. The molecule has 1 N–H and O–H groups in total. The third kappa shape index (κ3) is 3.90. The fourth-order valence-corrected chi connectivity index (χ4v) is 3.56. The predicted octanol–water partition coefficient (Wildman–Crippen LogP) is 3.77. The number of piperazine rings is 1. The lowest BCUT2D eigenvalue weighted by Gasteiger charge is -2.36. The lowest BCUT2D eigenvalue weighted by Crippen LogP contribution is -2.50. The van der Waals surface area contributed by atoms with Crippen molar-refractivity contribution < 1.29 is 14.3 Å². The highest BCUT2D eigenvalue weighted by molar-refractivity contribution is 6.30. The van der Waals surface area contributed by atoms with E-state index in [0.717, 1.165) is 23.8 Å². The number of hydrogen-bond acceptors (Lipinski definition) is 4. The number of fused-ring (bicyclic) bond motifs is 1. The molecule has 0 atom stereocenters. The number of rotatable bonds is 2. The van der Waals surface area contributed by atoms with Crippen LogP contribution in [0.2, 0.25) is 5.02 Å². The first-order valence-electron chi connectivity index (χ1n) is 9.07. The maximum Gasteiger partial charge on any atom is 0.321 e. The van der Waals surface area contributed by atoms with E-state index in [9.17, 15) is 4.79 Å². The number of hydrogen-bond donors (Lipinski definition) is 1. The quantitative estimate of drug-likeness (QED) is 0.852. The summed E-state index contributed by atoms with van der Waals surface area (Å²) < 4.78 is 11.1. The van der Waals surface area contributed by atoms with Crippen molar-refractivity contribution in [3.63, 3.8) is 0 Å². The van der Waals surface area contributed by atoms with Crippen LogP contribution in [0.25, 0.3) is 0 Å². The monoisotopic (exact) mass is 387 g/mol. The minimum Gasteiger partial charge on any atom is -0.486 e. The number of nitrogens with one attached hydrogen (secondary N) is 1. The molecule has 2 aromatic rings. The Balaban J connectivity index is 1.37. The van der Waals surface area contributed by atoms with Gasteiger partial charge in [-0.25, -0.2) is 4.79 Å². The van der Waals surface area contributed by atoms with E-state index < -0.39 is 0 Å². The van der Waals surface area contributed by atoms with Crippen LogP contribution < -0.4 is 19.7 Å². The highest BCUT2D eigenvalue weighted by atomic mass is 35.5. The van der Waals surface area contributed by atoms with Crippen molar-refractivity contribution in [3.8, 4) is 11.5 Å². The van der Waals surface area contributed by atoms with E-state index in [1.54, 1.807) is 6.07 Å². The number of nitrogens with zero attached hydrogens (tertiary/aromatic N) is 2. The van der Waals surface area contributed by atoms with Gasteiger partial charge in [0.25, 0.3) is 0 Å². The van der Waals surface area contributed by atoms with Gasteiger partial charge in [-0.2, -0.15) is 0 Å². The van der Waals surface area contributed by atoms with E-state index >= 15 is 0 Å². The van der Waals surface area contributed by atoms with Crippen molar-refractivity contribution in [1.29, 1.82) is 0 Å². The smallest absolute Gasteiger partial charge is 0.321 e. The van der Waals surface area contributed by atoms with Crippen molar-refractivity contribution in [1.82, 2.24) is 4.90 Å². The summed E-state index contributed by atoms with van der Waals surface area (Å²) in [5, 5.41) is 3.68. The van der Waals surface area contributed by atoms with E-state index in [2.05, 4.69) is 17.1 Å². The normalized spacial score (nSPS) is 16.2. The zero-order valence-electron chi connectivity index (χ0n) is 15.2. The molecule has 1 fully saturated rings. The Morgan fingerprint density at radius 1 is 1.00 bits per heavy atom. The first-order valence-corrected chi connectivity index (χ1v) is 9.44. The van der Waals surface area contributed by atoms with Crippen LogP contribution in [0.3, 0.4) is 0 Å². The van der Waals surface area contributed by atoms with E-state index in [0.29, 0.717) is 43.5 Å². The maximum absolute atomic E-state index is 12.6. The van der Waals surface area contributed by atoms with Crippen molar-refractivity contribution >= 4 is 29.0 Å². The van der Waals surface area contributed by atoms with Gasteiger partial charge in [0.1, 0.15) is 13.2 Å². The molecular formula is C20H22ClN3O3. The van der Waals surface area contributed by atoms with Crippen molar-refractivity contribution in [2.45, 2.75) is 6.92 Å². The van der Waals surface area contributed by atoms with Crippen LogP contribution in [0.15, 0.2) is 36.4 Å². The summed E-state index contributed by atoms with van der Waals surface area (Å²) in [6.07, 6.45) is 0. The Hall–Kier alpha value is -2.60. The molecule has 0 aliphatic carbocycles. The molecule has 2 amide bonds. The topological polar surface area (TPSA) is 54.0 Å². The summed E-state index contributed by atoms with van der Waals surface area (Å²) in [4.78, 5) is 16.7. The number of anilines is 2. The van der Waals surface area contributed by atoms with Crippen LogP contribution >= 0.6 is 11.6 Å². The second kappa shape index (κ2) is 7.56. The molecule has 1 saturated heterocycles. The van der Waals surface area contributed by atoms with Gasteiger partial charge in [-0.15, -0.1) is 0 Å². The molecule has 6 nitrogen and oxygen atoms in total. The molecule has 27 heavy (non-hydrogen) atoms. The summed E-state index contributed by atoms with van der Waals surface area (Å²) in [6.45, 7) is 6.01. The van der Waals surface area contributed by atoms with Gasteiger partial charge >= 0.3 is 6.03 Å². The molecule has 0 bridgehead atoms. The van der Waals surface area contributed by atoms with Crippen LogP contribution in [0.4, 0.5) is 16.2 Å². The number of amides is 2. The van der Waals surface area contributed by atoms with Crippen LogP contribution in [0, 0.1) is 6.92 Å². The minimum absolute atomic E-state index is 0.103. The van der Waals surface area contributed by atoms with E-state index in [4.69, 9.17) is 21.1 Å². The van der Waals surface area contributed by atoms with Crippen molar-refractivity contribution in [3.05, 3.63) is 47.0 Å². The number of carbonyl (C=O) groups is 1. The van der Waals surface area contributed by atoms with Gasteiger partial charge in [0, 0.05) is 48.6 Å². The molecule has 0 radical (unpaired) electrons. The molecule has 0 saturated carbocycles. The fourth-order valence-electron chi connectivity index (χ4n) is 3.40. The zero-order chi connectivity index (χ0) is 18.8. The van der Waals surface area contributed by atoms with Crippen LogP contribution in [-0.4, -0.2) is 50.3 Å². The highest BCUT2D eigenvalue weighted by Crippen LogP contribution is 2.32. The van der Waals surface area contributed by atoms with Gasteiger partial charge in [-0.1, -0.05) is 17.7 Å². The largest absolute Gasteiger partial charge is 0.486 e. The predicted molar refractivity (Wildman–Crippen MR) is 106 cm³/mol. The number of benzene rings is 2. The van der Waals surface area contributed by atoms with Gasteiger partial charge in [-0.05, 0) is 36.8 Å². The van der Waals surface area contributed by atoms with Gasteiger partial charge in [0.05, 0.1) is 0 Å². The second-order valence-electron chi connectivity index (χ2n) is 6.69. The van der Waals surface area contributed by atoms with Crippen LogP contribution in [0.5, 0.6) is 11.5 Å². The Morgan fingerprint density at radius 3 is 2.52 bits per heavy atom. The molecule has 4 rings (SSSR count). The van der Waals surface area contributed by atoms with Gasteiger partial charge < -0.3 is 24.6 Å². The Kier molecular flexibility index (Phi) is 4.99. The lowest BCUT2D eigenvalue weighted by atomic mass is 10.1. The van der Waals surface area contributed by atoms with Crippen molar-refractivity contribution in [2.24, 2.45) is 0 Å². The molecule has 7 heteroatoms. The van der Waals surface area contributed by atoms with E-state index in [-0.39, 0.29) is 6.03 Å². The first kappa shape index (κ1) is 17.8. The SMILES string of the molecule is Cc1ccc(Cl)cc1N1CCN(C(=O)Nc2ccc3c(c2)OCCO3)CC1. The van der Waals surface area contributed by atoms with Crippen LogP contribution in [-0.2, 0) is 0 Å². The summed E-state index contributed by atoms with van der Waals surface area (Å²) in [5.41, 5.74) is 3.03. The molecule has 2 aromatic carbocycles. The molecule has 0 spiro atoms. The van der Waals surface area contributed by atoms with Crippen molar-refractivity contribution in [2.75, 3.05) is 49.6 Å². The molecule has 142 valence electrons. The minimum atomic E-state index is -0.103. The van der Waals surface area contributed by atoms with E-state index in [1.165, 1.54) is 5.56 Å². The Morgan fingerprint density at radius 2 is 1.74 bits per heavy atom. The lowest BCUT2D eigenvalue weighted by molar-refractivity contribution is 0.171. The number of aryl methyl sites for hydroxylation is 1. The molecule has 2 aliphatic heterocycles. The summed E-state index contributed by atoms with van der Waals surface area (Å²) >= 11 is 6.14. The van der Waals surface area contributed by atoms with Gasteiger partial charge in [0.2, 0.25) is 0 Å². The second-order valence-corrected chi connectivity index (χ2v) is 7.13. The maximum atomic E-state index is 12.6. The third-order valence-corrected chi connectivity index (χ3v) is 5.11. The summed E-state index contributed by atoms with van der Waals surface area (Å²) in [5.74, 6) is 1.38. The Bertz CT molecular complexity index is 850. The summed E-state index contributed by atoms with van der Waals surface area (Å²) in [6, 6.07) is 11.3. The number of urea groups is 1. The highest BCUT2D eigenvalue weighted by Gasteiger charge is 2.23. The van der Waals surface area contributed by atoms with Gasteiger partial charge in [0.15, 0.2) is 11.5 Å². The average Bonchev–Trinajstić information content (AvgIpc) is 2.70. The first-order chi connectivity index (χ1) is 13.1. The number of carbonyl (C=O) groups excluding carboxylic acids is 1. The molecule has 0 unspecified atom stereocenters. The molecular weight excluding hydrogens is 366 g/mol. The molecule has 2 aliphatic rings. The molecule has 2 heterocycles. The standard InChI is InChI=1S/C20H22ClN3O3/c1-14-2-3-15(21)12-17(14)23-6-8-24(9-7-23)20(25)22-16-4-5-18-19(13-16)27-11-10-26-18/h2-5,12-13H,6-11H2,1H3,(H,22,25). The van der Waals surface area contributed by atoms with Crippen LogP contribution in [0.1, 0.15) is 5.56 Å². The number of halogens is 1.